The Morgan fingerprint density at radius 2 is 1.50 bits per heavy atom. The number of fused-ring (bicyclic) bond motifs is 4. The number of amides is 4. The Morgan fingerprint density at radius 3 is 2.12 bits per heavy atom. The van der Waals surface area contributed by atoms with Crippen LogP contribution in [0.25, 0.3) is 0 Å². The SMILES string of the molecule is CC(=O)c1ccc(N2C(=O)C3CC=C4C(CC5(Cl)C(=O)N(c6ccc(F)cc6)C(=O)C5(Cl)C4c4ccc(OCCO)cc4)C3C2=O)cc1. The summed E-state index contributed by atoms with van der Waals surface area (Å²) in [4.78, 5) is 66.6. The average Bonchev–Trinajstić information content (AvgIpc) is 3.42. The quantitative estimate of drug-likeness (QED) is 0.157. The maximum atomic E-state index is 14.4. The fraction of sp³-hybridized carbons (Fsp3) is 0.306. The van der Waals surface area contributed by atoms with Gasteiger partial charge in [-0.1, -0.05) is 23.8 Å². The van der Waals surface area contributed by atoms with Crippen molar-refractivity contribution in [2.45, 2.75) is 35.4 Å². The van der Waals surface area contributed by atoms with Crippen LogP contribution in [0.4, 0.5) is 15.8 Å². The Hall–Kier alpha value is -4.38. The van der Waals surface area contributed by atoms with Gasteiger partial charge in [-0.05, 0) is 91.9 Å². The third-order valence-electron chi connectivity index (χ3n) is 10.0. The van der Waals surface area contributed by atoms with Crippen LogP contribution in [0.3, 0.4) is 0 Å². The summed E-state index contributed by atoms with van der Waals surface area (Å²) >= 11 is 14.8. The molecule has 12 heteroatoms. The van der Waals surface area contributed by atoms with E-state index in [1.165, 1.54) is 19.1 Å². The number of Topliss-reactive ketones (excluding diaryl/α,β-unsaturated/α-hetero) is 1. The largest absolute Gasteiger partial charge is 0.491 e. The highest BCUT2D eigenvalue weighted by atomic mass is 35.5. The lowest BCUT2D eigenvalue weighted by atomic mass is 9.56. The van der Waals surface area contributed by atoms with Gasteiger partial charge in [0.15, 0.2) is 15.5 Å². The molecule has 9 nitrogen and oxygen atoms in total. The molecule has 1 saturated carbocycles. The lowest BCUT2D eigenvalue weighted by Crippen LogP contribution is -2.60. The van der Waals surface area contributed by atoms with Crippen LogP contribution in [0.1, 0.15) is 41.6 Å². The number of ketones is 1. The van der Waals surface area contributed by atoms with Crippen LogP contribution >= 0.6 is 23.2 Å². The summed E-state index contributed by atoms with van der Waals surface area (Å²) in [6.45, 7) is 1.29. The molecular weight excluding hydrogens is 662 g/mol. The topological polar surface area (TPSA) is 121 Å². The van der Waals surface area contributed by atoms with E-state index in [0.29, 0.717) is 28.1 Å². The minimum absolute atomic E-state index is 0.0625. The molecule has 6 atom stereocenters. The van der Waals surface area contributed by atoms with Crippen LogP contribution in [-0.4, -0.2) is 57.5 Å². The van der Waals surface area contributed by atoms with E-state index in [1.807, 2.05) is 6.08 Å². The van der Waals surface area contributed by atoms with E-state index in [0.717, 1.165) is 21.9 Å². The van der Waals surface area contributed by atoms with Gasteiger partial charge in [-0.25, -0.2) is 9.29 Å². The number of halogens is 3. The summed E-state index contributed by atoms with van der Waals surface area (Å²) in [6, 6.07) is 17.7. The molecule has 3 aromatic carbocycles. The van der Waals surface area contributed by atoms with Gasteiger partial charge >= 0.3 is 0 Å². The number of benzene rings is 3. The van der Waals surface area contributed by atoms with Gasteiger partial charge in [0.2, 0.25) is 11.8 Å². The number of hydrogen-bond donors (Lipinski definition) is 1. The molecule has 7 rings (SSSR count). The second kappa shape index (κ2) is 11.6. The molecule has 2 aliphatic carbocycles. The first-order valence-electron chi connectivity index (χ1n) is 15.5. The lowest BCUT2D eigenvalue weighted by molar-refractivity contribution is -0.125. The van der Waals surface area contributed by atoms with Crippen molar-refractivity contribution in [2.75, 3.05) is 23.0 Å². The number of carbonyl (C=O) groups excluding carboxylic acids is 5. The molecule has 48 heavy (non-hydrogen) atoms. The summed E-state index contributed by atoms with van der Waals surface area (Å²) in [6.07, 6.45) is 1.81. The fourth-order valence-corrected chi connectivity index (χ4v) is 8.73. The monoisotopic (exact) mass is 690 g/mol. The predicted octanol–water partition coefficient (Wildman–Crippen LogP) is 5.17. The average molecular weight is 692 g/mol. The van der Waals surface area contributed by atoms with Crippen LogP contribution in [0.5, 0.6) is 5.75 Å². The molecular formula is C36H29Cl2FN2O7. The Bertz CT molecular complexity index is 1900. The Labute approximate surface area is 284 Å². The van der Waals surface area contributed by atoms with E-state index in [-0.39, 0.29) is 37.5 Å². The van der Waals surface area contributed by atoms with Crippen molar-refractivity contribution in [3.05, 3.63) is 101 Å². The zero-order valence-corrected chi connectivity index (χ0v) is 27.1. The number of nitrogens with zero attached hydrogens (tertiary/aromatic N) is 2. The van der Waals surface area contributed by atoms with Crippen molar-refractivity contribution in [3.8, 4) is 5.75 Å². The fourth-order valence-electron chi connectivity index (χ4n) is 7.79. The first-order valence-corrected chi connectivity index (χ1v) is 16.2. The summed E-state index contributed by atoms with van der Waals surface area (Å²) in [5.74, 6) is -6.16. The van der Waals surface area contributed by atoms with Gasteiger partial charge in [-0.3, -0.25) is 28.9 Å². The molecule has 2 aliphatic heterocycles. The highest BCUT2D eigenvalue weighted by molar-refractivity contribution is 6.58. The number of imide groups is 2. The van der Waals surface area contributed by atoms with Gasteiger partial charge < -0.3 is 9.84 Å². The maximum Gasteiger partial charge on any atom is 0.258 e. The molecule has 0 bridgehead atoms. The number of aliphatic hydroxyl groups excluding tert-OH is 1. The normalized spacial score (nSPS) is 29.4. The summed E-state index contributed by atoms with van der Waals surface area (Å²) in [7, 11) is 0. The van der Waals surface area contributed by atoms with E-state index >= 15 is 0 Å². The van der Waals surface area contributed by atoms with Crippen molar-refractivity contribution in [3.63, 3.8) is 0 Å². The van der Waals surface area contributed by atoms with Crippen molar-refractivity contribution < 1.29 is 38.2 Å². The number of alkyl halides is 2. The standard InChI is InChI=1S/C36H29Cl2FN2O7/c1-19(43)20-2-8-23(9-3-20)40-31(44)27-15-14-26-28(29(27)32(40)45)18-35(37)33(46)41(24-10-6-22(39)7-11-24)34(47)36(35,38)30(26)21-4-12-25(13-5-21)48-17-16-42/h2-14,27-30,42H,15-18H2,1H3. The van der Waals surface area contributed by atoms with Crippen LogP contribution in [0.15, 0.2) is 84.4 Å². The van der Waals surface area contributed by atoms with Gasteiger partial charge in [-0.15, -0.1) is 23.2 Å². The van der Waals surface area contributed by atoms with Gasteiger partial charge in [0, 0.05) is 11.5 Å². The van der Waals surface area contributed by atoms with Gasteiger partial charge in [0.25, 0.3) is 11.8 Å². The summed E-state index contributed by atoms with van der Waals surface area (Å²) in [5, 5.41) is 9.18. The van der Waals surface area contributed by atoms with E-state index < -0.39 is 62.9 Å². The smallest absolute Gasteiger partial charge is 0.258 e. The number of carbonyl (C=O) groups is 5. The van der Waals surface area contributed by atoms with E-state index in [4.69, 9.17) is 27.9 Å². The van der Waals surface area contributed by atoms with E-state index in [2.05, 4.69) is 0 Å². The second-order valence-electron chi connectivity index (χ2n) is 12.5. The van der Waals surface area contributed by atoms with Gasteiger partial charge in [0.1, 0.15) is 18.2 Å². The first-order chi connectivity index (χ1) is 22.9. The molecule has 0 radical (unpaired) electrons. The Balaban J connectivity index is 1.34. The van der Waals surface area contributed by atoms with Gasteiger partial charge in [-0.2, -0.15) is 0 Å². The molecule has 2 heterocycles. The Kier molecular flexibility index (Phi) is 7.81. The summed E-state index contributed by atoms with van der Waals surface area (Å²) in [5.41, 5.74) is 1.98. The highest BCUT2D eigenvalue weighted by Gasteiger charge is 2.76. The molecule has 4 amide bonds. The number of rotatable bonds is 7. The number of ether oxygens (including phenoxy) is 1. The highest BCUT2D eigenvalue weighted by Crippen LogP contribution is 2.66. The zero-order valence-electron chi connectivity index (χ0n) is 25.6. The molecule has 3 aromatic rings. The third kappa shape index (κ3) is 4.57. The molecule has 1 N–H and O–H groups in total. The number of anilines is 2. The third-order valence-corrected chi connectivity index (χ3v) is 11.4. The predicted molar refractivity (Wildman–Crippen MR) is 175 cm³/mol. The molecule has 0 spiro atoms. The molecule has 6 unspecified atom stereocenters. The number of hydrogen-bond acceptors (Lipinski definition) is 7. The lowest BCUT2D eigenvalue weighted by Gasteiger charge is -2.50. The molecule has 2 saturated heterocycles. The van der Waals surface area contributed by atoms with Crippen molar-refractivity contribution in [2.24, 2.45) is 17.8 Å². The van der Waals surface area contributed by atoms with Gasteiger partial charge in [0.05, 0.1) is 29.8 Å². The van der Waals surface area contributed by atoms with Crippen LogP contribution in [0.2, 0.25) is 0 Å². The van der Waals surface area contributed by atoms with Crippen LogP contribution in [-0.2, 0) is 19.2 Å². The number of allylic oxidation sites excluding steroid dienone is 2. The van der Waals surface area contributed by atoms with Crippen LogP contribution in [0, 0.1) is 23.6 Å². The number of aliphatic hydroxyl groups is 1. The second-order valence-corrected chi connectivity index (χ2v) is 13.7. The van der Waals surface area contributed by atoms with Crippen molar-refractivity contribution in [1.29, 1.82) is 0 Å². The van der Waals surface area contributed by atoms with E-state index in [9.17, 15) is 33.5 Å². The minimum Gasteiger partial charge on any atom is -0.491 e. The minimum atomic E-state index is -2.06. The van der Waals surface area contributed by atoms with Crippen molar-refractivity contribution >= 4 is 64.0 Å². The van der Waals surface area contributed by atoms with Crippen molar-refractivity contribution in [1.82, 2.24) is 0 Å². The van der Waals surface area contributed by atoms with Crippen LogP contribution < -0.4 is 14.5 Å². The molecule has 246 valence electrons. The molecule has 4 aliphatic rings. The maximum absolute atomic E-state index is 14.4. The Morgan fingerprint density at radius 1 is 0.875 bits per heavy atom. The zero-order chi connectivity index (χ0) is 34.1. The first kappa shape index (κ1) is 32.2. The summed E-state index contributed by atoms with van der Waals surface area (Å²) < 4.78 is 19.4. The molecule has 0 aromatic heterocycles. The van der Waals surface area contributed by atoms with E-state index in [1.54, 1.807) is 48.5 Å². The molecule has 3 fully saturated rings.